The normalized spacial score (nSPS) is 23.9. The highest BCUT2D eigenvalue weighted by Gasteiger charge is 2.56. The molecule has 20 heteroatoms. The maximum Gasteiger partial charge on any atom is 0.344 e. The Hall–Kier alpha value is -6.02. The minimum atomic E-state index is -1.19. The topological polar surface area (TPSA) is 237 Å². The average molecular weight is 791 g/mol. The van der Waals surface area contributed by atoms with Gasteiger partial charge in [-0.3, -0.25) is 28.8 Å². The molecule has 2 aliphatic rings. The summed E-state index contributed by atoms with van der Waals surface area (Å²) in [4.78, 5) is 96.7. The zero-order valence-corrected chi connectivity index (χ0v) is 31.3. The minimum Gasteiger partial charge on any atom is -0.463 e. The molecule has 2 fully saturated rings. The number of pyridine rings is 2. The molecule has 2 saturated heterocycles. The first-order valence-corrected chi connectivity index (χ1v) is 17.2. The van der Waals surface area contributed by atoms with E-state index in [0.29, 0.717) is 0 Å². The number of ether oxygens (including phenoxy) is 10. The van der Waals surface area contributed by atoms with Crippen molar-refractivity contribution in [3.63, 3.8) is 0 Å². The van der Waals surface area contributed by atoms with Crippen LogP contribution in [-0.2, 0) is 76.1 Å². The summed E-state index contributed by atoms with van der Waals surface area (Å²) in [5, 5.41) is 0. The lowest BCUT2D eigenvalue weighted by molar-refractivity contribution is -0.765. The monoisotopic (exact) mass is 790 g/mol. The molecule has 0 aromatic carbocycles. The van der Waals surface area contributed by atoms with Gasteiger partial charge in [0.25, 0.3) is 0 Å². The van der Waals surface area contributed by atoms with Crippen molar-refractivity contribution in [2.45, 2.75) is 90.6 Å². The standard InChI is InChI=1S/C36H42N2O18/c1-19(39)49-17-27-29(51-21(3)41)31(53-23(5)43)33(55-27)37-11-7-9-25(15-37)35(45)47-13-14-48-36(46)26-10-8-12-38(16-26)34-32(54-24(6)44)30(52-22(4)42)28(56-34)18-50-20(2)40/h7-12,15-16,27-34H,13-14,17-18H2,1-6H3/q+2/t27-,28-,29-,30-,31-,32-,33-,34-/m1/s1. The molecule has 0 N–H and O–H groups in total. The fourth-order valence-electron chi connectivity index (χ4n) is 5.84. The van der Waals surface area contributed by atoms with Crippen molar-refractivity contribution in [3.05, 3.63) is 60.2 Å². The van der Waals surface area contributed by atoms with Gasteiger partial charge in [0, 0.05) is 53.7 Å². The molecule has 4 heterocycles. The quantitative estimate of drug-likeness (QED) is 0.0993. The first-order chi connectivity index (χ1) is 26.5. The molecule has 2 aliphatic heterocycles. The molecule has 56 heavy (non-hydrogen) atoms. The number of carbonyl (C=O) groups excluding carboxylic acids is 8. The Bertz CT molecular complexity index is 1690. The number of rotatable bonds is 15. The summed E-state index contributed by atoms with van der Waals surface area (Å²) in [6.45, 7) is 5.63. The van der Waals surface area contributed by atoms with Crippen LogP contribution < -0.4 is 9.13 Å². The molecule has 0 aliphatic carbocycles. The van der Waals surface area contributed by atoms with Gasteiger partial charge in [-0.05, 0) is 12.1 Å². The van der Waals surface area contributed by atoms with E-state index in [2.05, 4.69) is 0 Å². The highest BCUT2D eigenvalue weighted by Crippen LogP contribution is 2.32. The summed E-state index contributed by atoms with van der Waals surface area (Å²) in [6, 6.07) is 5.84. The summed E-state index contributed by atoms with van der Waals surface area (Å²) in [6.07, 6.45) is -3.24. The van der Waals surface area contributed by atoms with Crippen LogP contribution in [0.25, 0.3) is 0 Å². The van der Waals surface area contributed by atoms with Gasteiger partial charge in [-0.2, -0.15) is 9.13 Å². The zero-order valence-electron chi connectivity index (χ0n) is 31.3. The Labute approximate surface area is 319 Å². The summed E-state index contributed by atoms with van der Waals surface area (Å²) in [5.41, 5.74) is 0.0528. The number of hydrogen-bond donors (Lipinski definition) is 0. The summed E-state index contributed by atoms with van der Waals surface area (Å²) < 4.78 is 57.1. The van der Waals surface area contributed by atoms with Gasteiger partial charge in [-0.15, -0.1) is 0 Å². The second-order valence-corrected chi connectivity index (χ2v) is 12.4. The summed E-state index contributed by atoms with van der Waals surface area (Å²) >= 11 is 0. The number of nitrogens with zero attached hydrogens (tertiary/aromatic N) is 2. The molecule has 0 saturated carbocycles. The lowest BCUT2D eigenvalue weighted by atomic mass is 10.1. The second-order valence-electron chi connectivity index (χ2n) is 12.4. The van der Waals surface area contributed by atoms with E-state index in [1.165, 1.54) is 72.0 Å². The molecular formula is C36H42N2O18+2. The fraction of sp³-hybridized carbons (Fsp3) is 0.500. The van der Waals surface area contributed by atoms with Crippen LogP contribution in [0.4, 0.5) is 0 Å². The van der Waals surface area contributed by atoms with Crippen LogP contribution in [0.3, 0.4) is 0 Å². The van der Waals surface area contributed by atoms with Crippen LogP contribution in [0, 0.1) is 0 Å². The Kier molecular flexibility index (Phi) is 14.9. The van der Waals surface area contributed by atoms with Crippen LogP contribution in [-0.4, -0.2) is 111 Å². The SMILES string of the molecule is CC(=O)OC[C@H]1O[C@@H]([n+]2cccc(C(=O)OCCOC(=O)c3ccc[n+]([C@@H]4O[C@H](COC(C)=O)[C@@H](OC(C)=O)[C@H]4OC(C)=O)c3)c2)[C@H](OC(C)=O)[C@@H]1OC(C)=O. The molecule has 0 spiro atoms. The van der Waals surface area contributed by atoms with Crippen molar-refractivity contribution in [3.8, 4) is 0 Å². The molecule has 302 valence electrons. The molecule has 2 aromatic heterocycles. The summed E-state index contributed by atoms with van der Waals surface area (Å²) in [7, 11) is 0. The number of aromatic nitrogens is 2. The molecule has 0 radical (unpaired) electrons. The third-order valence-electron chi connectivity index (χ3n) is 7.93. The lowest BCUT2D eigenvalue weighted by Gasteiger charge is -2.21. The number of hydrogen-bond acceptors (Lipinski definition) is 18. The fourth-order valence-corrected chi connectivity index (χ4v) is 5.84. The second kappa shape index (κ2) is 19.5. The third kappa shape index (κ3) is 11.7. The molecule has 0 amide bonds. The van der Waals surface area contributed by atoms with Gasteiger partial charge in [0.15, 0.2) is 37.0 Å². The van der Waals surface area contributed by atoms with Crippen molar-refractivity contribution >= 4 is 47.8 Å². The van der Waals surface area contributed by atoms with E-state index in [1.54, 1.807) is 0 Å². The van der Waals surface area contributed by atoms with Crippen molar-refractivity contribution < 1.29 is 94.9 Å². The predicted molar refractivity (Wildman–Crippen MR) is 177 cm³/mol. The van der Waals surface area contributed by atoms with Crippen LogP contribution in [0.15, 0.2) is 49.1 Å². The smallest absolute Gasteiger partial charge is 0.344 e. The Morgan fingerprint density at radius 1 is 0.500 bits per heavy atom. The molecule has 0 bridgehead atoms. The molecule has 2 aromatic rings. The van der Waals surface area contributed by atoms with Crippen LogP contribution in [0.5, 0.6) is 0 Å². The van der Waals surface area contributed by atoms with E-state index in [0.717, 1.165) is 27.7 Å². The van der Waals surface area contributed by atoms with E-state index in [-0.39, 0.29) is 37.6 Å². The maximum absolute atomic E-state index is 13.0. The predicted octanol–water partition coefficient (Wildman–Crippen LogP) is -0.0768. The number of carbonyl (C=O) groups is 8. The van der Waals surface area contributed by atoms with Gasteiger partial charge in [-0.25, -0.2) is 9.59 Å². The first kappa shape index (κ1) is 42.7. The van der Waals surface area contributed by atoms with Crippen molar-refractivity contribution in [2.24, 2.45) is 0 Å². The van der Waals surface area contributed by atoms with Gasteiger partial charge in [0.05, 0.1) is 0 Å². The minimum absolute atomic E-state index is 0.0264. The van der Waals surface area contributed by atoms with Gasteiger partial charge in [0.2, 0.25) is 12.2 Å². The van der Waals surface area contributed by atoms with Crippen LogP contribution >= 0.6 is 0 Å². The summed E-state index contributed by atoms with van der Waals surface area (Å²) in [5.74, 6) is -5.68. The van der Waals surface area contributed by atoms with Crippen LogP contribution in [0.2, 0.25) is 0 Å². The Morgan fingerprint density at radius 3 is 1.16 bits per heavy atom. The number of esters is 8. The maximum atomic E-state index is 13.0. The van der Waals surface area contributed by atoms with E-state index in [1.807, 2.05) is 0 Å². The van der Waals surface area contributed by atoms with Crippen molar-refractivity contribution in [1.82, 2.24) is 0 Å². The van der Waals surface area contributed by atoms with Gasteiger partial charge >= 0.3 is 60.2 Å². The van der Waals surface area contributed by atoms with Crippen molar-refractivity contribution in [2.75, 3.05) is 26.4 Å². The molecule has 20 nitrogen and oxygen atoms in total. The Morgan fingerprint density at radius 2 is 0.839 bits per heavy atom. The lowest BCUT2D eigenvalue weighted by Crippen LogP contribution is -2.48. The van der Waals surface area contributed by atoms with Gasteiger partial charge in [0.1, 0.15) is 49.8 Å². The van der Waals surface area contributed by atoms with E-state index < -0.39 is 96.8 Å². The van der Waals surface area contributed by atoms with E-state index in [9.17, 15) is 38.4 Å². The molecule has 8 atom stereocenters. The van der Waals surface area contributed by atoms with Crippen molar-refractivity contribution in [1.29, 1.82) is 0 Å². The first-order valence-electron chi connectivity index (χ1n) is 17.2. The van der Waals surface area contributed by atoms with E-state index >= 15 is 0 Å². The van der Waals surface area contributed by atoms with Crippen LogP contribution in [0.1, 0.15) is 74.7 Å². The molecule has 4 rings (SSSR count). The average Bonchev–Trinajstić information content (AvgIpc) is 3.63. The molecule has 0 unspecified atom stereocenters. The van der Waals surface area contributed by atoms with Gasteiger partial charge in [-0.1, -0.05) is 0 Å². The Balaban J connectivity index is 1.40. The third-order valence-corrected chi connectivity index (χ3v) is 7.93. The van der Waals surface area contributed by atoms with E-state index in [4.69, 9.17) is 47.4 Å². The molecular weight excluding hydrogens is 748 g/mol. The highest BCUT2D eigenvalue weighted by molar-refractivity contribution is 5.89. The largest absolute Gasteiger partial charge is 0.463 e. The highest BCUT2D eigenvalue weighted by atomic mass is 16.7. The zero-order chi connectivity index (χ0) is 41.1. The van der Waals surface area contributed by atoms with Gasteiger partial charge < -0.3 is 47.4 Å².